The van der Waals surface area contributed by atoms with Gasteiger partial charge in [-0.05, 0) is 31.1 Å². The van der Waals surface area contributed by atoms with Gasteiger partial charge in [0.25, 0.3) is 0 Å². The highest BCUT2D eigenvalue weighted by Crippen LogP contribution is 2.25. The molecule has 5 nitrogen and oxygen atoms in total. The third-order valence-corrected chi connectivity index (χ3v) is 4.39. The third-order valence-electron chi connectivity index (χ3n) is 4.39. The summed E-state index contributed by atoms with van der Waals surface area (Å²) in [5.41, 5.74) is 0. The molecule has 0 aliphatic carbocycles. The zero-order valence-corrected chi connectivity index (χ0v) is 11.1. The maximum Gasteiger partial charge on any atom is 0.326 e. The molecule has 2 rings (SSSR count). The number of amides is 2. The van der Waals surface area contributed by atoms with E-state index in [-0.39, 0.29) is 6.03 Å². The van der Waals surface area contributed by atoms with Crippen molar-refractivity contribution in [1.29, 1.82) is 0 Å². The molecule has 0 bridgehead atoms. The third kappa shape index (κ3) is 2.44. The molecule has 0 aromatic rings. The first-order valence-corrected chi connectivity index (χ1v) is 6.79. The number of piperidine rings is 1. The molecule has 102 valence electrons. The minimum atomic E-state index is -0.876. The molecule has 0 spiro atoms. The van der Waals surface area contributed by atoms with Gasteiger partial charge < -0.3 is 14.9 Å². The Bertz CT molecular complexity index is 345. The lowest BCUT2D eigenvalue weighted by molar-refractivity contribution is -0.141. The largest absolute Gasteiger partial charge is 0.480 e. The Hall–Kier alpha value is -1.26. The summed E-state index contributed by atoms with van der Waals surface area (Å²) in [5.74, 6) is 0.260. The number of carbonyl (C=O) groups is 2. The van der Waals surface area contributed by atoms with E-state index in [1.165, 1.54) is 4.90 Å². The fourth-order valence-corrected chi connectivity index (χ4v) is 2.87. The van der Waals surface area contributed by atoms with Crippen molar-refractivity contribution in [2.75, 3.05) is 19.6 Å². The Morgan fingerprint density at radius 1 is 1.11 bits per heavy atom. The van der Waals surface area contributed by atoms with Crippen LogP contribution in [0.15, 0.2) is 0 Å². The van der Waals surface area contributed by atoms with Crippen LogP contribution in [0.25, 0.3) is 0 Å². The van der Waals surface area contributed by atoms with Gasteiger partial charge in [-0.25, -0.2) is 9.59 Å². The van der Waals surface area contributed by atoms with Crippen LogP contribution in [0.1, 0.15) is 33.1 Å². The Labute approximate surface area is 108 Å². The molecule has 2 heterocycles. The molecular weight excluding hydrogens is 232 g/mol. The van der Waals surface area contributed by atoms with E-state index >= 15 is 0 Å². The van der Waals surface area contributed by atoms with Gasteiger partial charge in [-0.1, -0.05) is 13.8 Å². The summed E-state index contributed by atoms with van der Waals surface area (Å²) in [4.78, 5) is 26.8. The Kier molecular flexibility index (Phi) is 3.78. The maximum absolute atomic E-state index is 12.4. The summed E-state index contributed by atoms with van der Waals surface area (Å²) < 4.78 is 0. The molecule has 0 aromatic carbocycles. The molecule has 1 N–H and O–H groups in total. The van der Waals surface area contributed by atoms with Crippen LogP contribution in [0, 0.1) is 11.8 Å². The number of rotatable bonds is 1. The molecule has 0 aromatic heterocycles. The predicted molar refractivity (Wildman–Crippen MR) is 67.3 cm³/mol. The second kappa shape index (κ2) is 5.16. The summed E-state index contributed by atoms with van der Waals surface area (Å²) in [6.45, 7) is 6.46. The smallest absolute Gasteiger partial charge is 0.326 e. The van der Waals surface area contributed by atoms with Crippen LogP contribution in [-0.2, 0) is 4.79 Å². The fraction of sp³-hybridized carbons (Fsp3) is 0.846. The Morgan fingerprint density at radius 3 is 2.44 bits per heavy atom. The molecule has 3 atom stereocenters. The van der Waals surface area contributed by atoms with Crippen molar-refractivity contribution < 1.29 is 14.7 Å². The zero-order chi connectivity index (χ0) is 13.3. The number of nitrogens with zero attached hydrogens (tertiary/aromatic N) is 2. The first-order valence-electron chi connectivity index (χ1n) is 6.79. The van der Waals surface area contributed by atoms with E-state index in [1.807, 2.05) is 4.90 Å². The van der Waals surface area contributed by atoms with Crippen molar-refractivity contribution in [1.82, 2.24) is 9.80 Å². The van der Waals surface area contributed by atoms with E-state index in [1.54, 1.807) is 0 Å². The van der Waals surface area contributed by atoms with Crippen LogP contribution in [-0.4, -0.2) is 52.6 Å². The lowest BCUT2D eigenvalue weighted by Gasteiger charge is -2.38. The first-order chi connectivity index (χ1) is 8.50. The minimum Gasteiger partial charge on any atom is -0.480 e. The van der Waals surface area contributed by atoms with E-state index in [2.05, 4.69) is 13.8 Å². The van der Waals surface area contributed by atoms with Crippen molar-refractivity contribution in [3.05, 3.63) is 0 Å². The van der Waals surface area contributed by atoms with Gasteiger partial charge in [0, 0.05) is 19.6 Å². The minimum absolute atomic E-state index is 0.0846. The average molecular weight is 254 g/mol. The van der Waals surface area contributed by atoms with Gasteiger partial charge in [0.1, 0.15) is 6.04 Å². The molecule has 2 amide bonds. The quantitative estimate of drug-likeness (QED) is 0.773. The standard InChI is InChI=1S/C13H22N2O3/c1-9-5-7-14(8-10(9)2)13(18)15-6-3-4-11(15)12(16)17/h9-11H,3-8H2,1-2H3,(H,16,17). The van der Waals surface area contributed by atoms with Gasteiger partial charge >= 0.3 is 12.0 Å². The first kappa shape index (κ1) is 13.2. The molecular formula is C13H22N2O3. The zero-order valence-electron chi connectivity index (χ0n) is 11.1. The Morgan fingerprint density at radius 2 is 1.83 bits per heavy atom. The lowest BCUT2D eigenvalue weighted by atomic mass is 9.89. The number of urea groups is 1. The van der Waals surface area contributed by atoms with E-state index in [0.29, 0.717) is 24.8 Å². The molecule has 2 aliphatic heterocycles. The molecule has 0 radical (unpaired) electrons. The molecule has 3 unspecified atom stereocenters. The topological polar surface area (TPSA) is 60.9 Å². The van der Waals surface area contributed by atoms with Crippen molar-refractivity contribution in [3.63, 3.8) is 0 Å². The van der Waals surface area contributed by atoms with Crippen molar-refractivity contribution in [2.45, 2.75) is 39.2 Å². The summed E-state index contributed by atoms with van der Waals surface area (Å²) in [6, 6.07) is -0.703. The summed E-state index contributed by atoms with van der Waals surface area (Å²) in [7, 11) is 0. The molecule has 2 aliphatic rings. The van der Waals surface area contributed by atoms with Crippen LogP contribution in [0.3, 0.4) is 0 Å². The number of carbonyl (C=O) groups excluding carboxylic acids is 1. The van der Waals surface area contributed by atoms with Gasteiger partial charge in [0.05, 0.1) is 0 Å². The van der Waals surface area contributed by atoms with Crippen LogP contribution in [0.2, 0.25) is 0 Å². The van der Waals surface area contributed by atoms with Gasteiger partial charge in [0.15, 0.2) is 0 Å². The molecule has 2 fully saturated rings. The highest BCUT2D eigenvalue weighted by molar-refractivity contribution is 5.83. The number of aliphatic carboxylic acids is 1. The predicted octanol–water partition coefficient (Wildman–Crippen LogP) is 1.63. The number of carboxylic acid groups (broad SMARTS) is 1. The summed E-state index contributed by atoms with van der Waals surface area (Å²) >= 11 is 0. The average Bonchev–Trinajstić information content (AvgIpc) is 2.81. The molecule has 18 heavy (non-hydrogen) atoms. The van der Waals surface area contributed by atoms with Crippen molar-refractivity contribution in [2.24, 2.45) is 11.8 Å². The summed E-state index contributed by atoms with van der Waals surface area (Å²) in [6.07, 6.45) is 2.39. The second-order valence-corrected chi connectivity index (χ2v) is 5.66. The van der Waals surface area contributed by atoms with E-state index < -0.39 is 12.0 Å². The van der Waals surface area contributed by atoms with Crippen molar-refractivity contribution >= 4 is 12.0 Å². The molecule has 0 saturated carbocycles. The highest BCUT2D eigenvalue weighted by atomic mass is 16.4. The van der Waals surface area contributed by atoms with E-state index in [9.17, 15) is 9.59 Å². The van der Waals surface area contributed by atoms with Crippen LogP contribution in [0.5, 0.6) is 0 Å². The highest BCUT2D eigenvalue weighted by Gasteiger charge is 2.37. The maximum atomic E-state index is 12.4. The van der Waals surface area contributed by atoms with Crippen LogP contribution < -0.4 is 0 Å². The normalized spacial score (nSPS) is 32.7. The van der Waals surface area contributed by atoms with Crippen LogP contribution >= 0.6 is 0 Å². The monoisotopic (exact) mass is 254 g/mol. The molecule has 2 saturated heterocycles. The Balaban J connectivity index is 2.01. The number of carboxylic acids is 1. The van der Waals surface area contributed by atoms with Crippen LogP contribution in [0.4, 0.5) is 4.79 Å². The van der Waals surface area contributed by atoms with Gasteiger partial charge in [-0.2, -0.15) is 0 Å². The summed E-state index contributed by atoms with van der Waals surface area (Å²) in [5, 5.41) is 9.11. The number of hydrogen-bond donors (Lipinski definition) is 1. The number of hydrogen-bond acceptors (Lipinski definition) is 2. The van der Waals surface area contributed by atoms with E-state index in [4.69, 9.17) is 5.11 Å². The fourth-order valence-electron chi connectivity index (χ4n) is 2.87. The second-order valence-electron chi connectivity index (χ2n) is 5.66. The van der Waals surface area contributed by atoms with Gasteiger partial charge in [0.2, 0.25) is 0 Å². The van der Waals surface area contributed by atoms with Gasteiger partial charge in [-0.15, -0.1) is 0 Å². The van der Waals surface area contributed by atoms with Crippen molar-refractivity contribution in [3.8, 4) is 0 Å². The SMILES string of the molecule is CC1CCN(C(=O)N2CCCC2C(=O)O)CC1C. The van der Waals surface area contributed by atoms with Gasteiger partial charge in [-0.3, -0.25) is 0 Å². The number of likely N-dealkylation sites (tertiary alicyclic amines) is 2. The van der Waals surface area contributed by atoms with E-state index in [0.717, 1.165) is 25.9 Å². The lowest BCUT2D eigenvalue weighted by Crippen LogP contribution is -2.51. The molecule has 5 heteroatoms.